The second kappa shape index (κ2) is 11.2. The van der Waals surface area contributed by atoms with E-state index in [1.807, 2.05) is 0 Å². The number of para-hydroxylation sites is 1. The number of esters is 1. The number of aliphatic hydroxyl groups is 1. The number of anilines is 1. The van der Waals surface area contributed by atoms with E-state index in [2.05, 4.69) is 15.1 Å². The Morgan fingerprint density at radius 1 is 1.29 bits per heavy atom. The van der Waals surface area contributed by atoms with Crippen LogP contribution in [-0.2, 0) is 23.4 Å². The summed E-state index contributed by atoms with van der Waals surface area (Å²) in [5.74, 6) is -0.0952. The molecule has 14 heteroatoms. The van der Waals surface area contributed by atoms with Crippen LogP contribution in [0.15, 0.2) is 48.9 Å². The SMILES string of the molecule is CC(C)OC(=O)[C@@H](C)N[P@](=O)(OC[C@H]1O[C@@H](n2ccc3c(N)ncnc32)[C@](C)(Cl)[C@@H]1O)Oc1ccccc1. The molecular weight excluding hydrogens is 537 g/mol. The fourth-order valence-corrected chi connectivity index (χ4v) is 5.84. The first kappa shape index (κ1) is 28.3. The van der Waals surface area contributed by atoms with Crippen molar-refractivity contribution >= 4 is 42.2 Å². The number of nitrogen functional groups attached to an aromatic ring is 1. The van der Waals surface area contributed by atoms with Gasteiger partial charge in [-0.3, -0.25) is 9.32 Å². The number of carbonyl (C=O) groups excluding carboxylic acids is 1. The molecule has 0 amide bonds. The third-order valence-corrected chi connectivity index (χ3v) is 8.00. The maximum Gasteiger partial charge on any atom is 0.459 e. The Labute approximate surface area is 225 Å². The molecule has 206 valence electrons. The fourth-order valence-electron chi connectivity index (χ4n) is 4.04. The van der Waals surface area contributed by atoms with Crippen molar-refractivity contribution in [2.75, 3.05) is 12.3 Å². The Kier molecular flexibility index (Phi) is 8.32. The largest absolute Gasteiger partial charge is 0.462 e. The molecule has 2 aromatic heterocycles. The van der Waals surface area contributed by atoms with Crippen LogP contribution < -0.4 is 15.3 Å². The topological polar surface area (TPSA) is 160 Å². The van der Waals surface area contributed by atoms with Crippen LogP contribution in [-0.4, -0.2) is 61.4 Å². The molecule has 0 saturated carbocycles. The molecule has 0 spiro atoms. The Morgan fingerprint density at radius 3 is 2.68 bits per heavy atom. The van der Waals surface area contributed by atoms with Crippen LogP contribution in [0.1, 0.15) is 33.9 Å². The highest BCUT2D eigenvalue weighted by molar-refractivity contribution is 7.52. The summed E-state index contributed by atoms with van der Waals surface area (Å²) in [4.78, 5) is 19.3. The lowest BCUT2D eigenvalue weighted by molar-refractivity contribution is -0.149. The molecule has 1 aromatic carbocycles. The number of aliphatic hydroxyl groups excluding tert-OH is 1. The summed E-state index contributed by atoms with van der Waals surface area (Å²) in [5.41, 5.74) is 6.42. The van der Waals surface area contributed by atoms with Gasteiger partial charge in [0.25, 0.3) is 0 Å². The van der Waals surface area contributed by atoms with Crippen molar-refractivity contribution in [3.63, 3.8) is 0 Å². The number of fused-ring (bicyclic) bond motifs is 1. The Morgan fingerprint density at radius 2 is 2.00 bits per heavy atom. The molecule has 4 rings (SSSR count). The Balaban J connectivity index is 1.54. The summed E-state index contributed by atoms with van der Waals surface area (Å²) < 4.78 is 38.0. The van der Waals surface area contributed by atoms with E-state index >= 15 is 0 Å². The standard InChI is InChI=1S/C24H31ClN5O7P/c1-14(2)35-22(32)15(3)29-38(33,37-16-8-6-5-7-9-16)34-12-18-19(31)24(4,25)23(36-18)30-11-10-17-20(26)27-13-28-21(17)30/h5-11,13-15,18-19,23,31H,12H2,1-4H3,(H,29,33)(H2,26,27,28)/t15-,18-,19-,23-,24-,38+/m1/s1. The fraction of sp³-hybridized carbons (Fsp3) is 0.458. The monoisotopic (exact) mass is 567 g/mol. The van der Waals surface area contributed by atoms with Gasteiger partial charge in [0.15, 0.2) is 6.23 Å². The smallest absolute Gasteiger partial charge is 0.459 e. The van der Waals surface area contributed by atoms with Crippen LogP contribution in [0.2, 0.25) is 0 Å². The number of nitrogens with one attached hydrogen (secondary N) is 1. The zero-order valence-electron chi connectivity index (χ0n) is 21.4. The number of benzene rings is 1. The number of nitrogens with zero attached hydrogens (tertiary/aromatic N) is 3. The predicted molar refractivity (Wildman–Crippen MR) is 141 cm³/mol. The first-order valence-electron chi connectivity index (χ1n) is 12.0. The van der Waals surface area contributed by atoms with E-state index in [0.29, 0.717) is 16.9 Å². The Bertz CT molecular complexity index is 1320. The van der Waals surface area contributed by atoms with E-state index < -0.39 is 43.1 Å². The molecule has 1 aliphatic rings. The third kappa shape index (κ3) is 5.96. The second-order valence-corrected chi connectivity index (χ2v) is 11.9. The molecule has 12 nitrogen and oxygen atoms in total. The van der Waals surface area contributed by atoms with Gasteiger partial charge < -0.3 is 29.4 Å². The maximum atomic E-state index is 13.8. The third-order valence-electron chi connectivity index (χ3n) is 5.94. The minimum absolute atomic E-state index is 0.247. The highest BCUT2D eigenvalue weighted by atomic mass is 35.5. The van der Waals surface area contributed by atoms with Crippen molar-refractivity contribution in [2.24, 2.45) is 0 Å². The van der Waals surface area contributed by atoms with Crippen molar-refractivity contribution < 1.29 is 33.0 Å². The molecule has 1 saturated heterocycles. The molecule has 0 aliphatic carbocycles. The molecule has 6 atom stereocenters. The number of carbonyl (C=O) groups is 1. The quantitative estimate of drug-likeness (QED) is 0.187. The van der Waals surface area contributed by atoms with Gasteiger partial charge in [-0.2, -0.15) is 5.09 Å². The van der Waals surface area contributed by atoms with Crippen LogP contribution >= 0.6 is 19.3 Å². The highest BCUT2D eigenvalue weighted by Crippen LogP contribution is 2.48. The predicted octanol–water partition coefficient (Wildman–Crippen LogP) is 3.40. The van der Waals surface area contributed by atoms with E-state index in [-0.39, 0.29) is 18.5 Å². The second-order valence-electron chi connectivity index (χ2n) is 9.38. The minimum atomic E-state index is -4.17. The number of halogens is 1. The zero-order chi connectivity index (χ0) is 27.7. The van der Waals surface area contributed by atoms with Crippen LogP contribution in [0.25, 0.3) is 11.0 Å². The van der Waals surface area contributed by atoms with Crippen LogP contribution in [0.3, 0.4) is 0 Å². The molecule has 0 unspecified atom stereocenters. The highest BCUT2D eigenvalue weighted by Gasteiger charge is 2.54. The lowest BCUT2D eigenvalue weighted by Gasteiger charge is -2.27. The maximum absolute atomic E-state index is 13.8. The lowest BCUT2D eigenvalue weighted by atomic mass is 10.0. The average Bonchev–Trinajstić information content (AvgIpc) is 3.37. The molecule has 3 aromatic rings. The van der Waals surface area contributed by atoms with Crippen molar-refractivity contribution in [3.8, 4) is 5.75 Å². The summed E-state index contributed by atoms with van der Waals surface area (Å²) in [6.45, 7) is 6.12. The number of alkyl halides is 1. The molecule has 1 aliphatic heterocycles. The van der Waals surface area contributed by atoms with Gasteiger partial charge in [-0.1, -0.05) is 18.2 Å². The van der Waals surface area contributed by atoms with Gasteiger partial charge in [-0.25, -0.2) is 14.5 Å². The van der Waals surface area contributed by atoms with E-state index in [1.165, 1.54) is 13.3 Å². The summed E-state index contributed by atoms with van der Waals surface area (Å²) >= 11 is 6.76. The van der Waals surface area contributed by atoms with Gasteiger partial charge in [-0.05, 0) is 45.9 Å². The molecule has 3 heterocycles. The van der Waals surface area contributed by atoms with Crippen molar-refractivity contribution in [1.29, 1.82) is 0 Å². The summed E-state index contributed by atoms with van der Waals surface area (Å²) in [6, 6.07) is 9.04. The van der Waals surface area contributed by atoms with Crippen molar-refractivity contribution in [2.45, 2.75) is 63.2 Å². The lowest BCUT2D eigenvalue weighted by Crippen LogP contribution is -2.40. The van der Waals surface area contributed by atoms with Crippen molar-refractivity contribution in [3.05, 3.63) is 48.9 Å². The normalized spacial score (nSPS) is 25.8. The summed E-state index contributed by atoms with van der Waals surface area (Å²) in [7, 11) is -4.17. The first-order valence-corrected chi connectivity index (χ1v) is 13.9. The number of aromatic nitrogens is 3. The summed E-state index contributed by atoms with van der Waals surface area (Å²) in [6.07, 6.45) is -0.482. The molecule has 0 radical (unpaired) electrons. The van der Waals surface area contributed by atoms with Crippen LogP contribution in [0, 0.1) is 0 Å². The number of hydrogen-bond acceptors (Lipinski definition) is 10. The minimum Gasteiger partial charge on any atom is -0.462 e. The number of hydrogen-bond donors (Lipinski definition) is 3. The van der Waals surface area contributed by atoms with Crippen molar-refractivity contribution in [1.82, 2.24) is 19.6 Å². The van der Waals surface area contributed by atoms with E-state index in [4.69, 9.17) is 35.9 Å². The average molecular weight is 568 g/mol. The van der Waals surface area contributed by atoms with E-state index in [1.54, 1.807) is 67.9 Å². The number of nitrogens with two attached hydrogens (primary N) is 1. The molecule has 38 heavy (non-hydrogen) atoms. The van der Waals surface area contributed by atoms with Crippen LogP contribution in [0.4, 0.5) is 5.82 Å². The molecule has 4 N–H and O–H groups in total. The number of rotatable bonds is 10. The van der Waals surface area contributed by atoms with Gasteiger partial charge in [0, 0.05) is 6.20 Å². The van der Waals surface area contributed by atoms with Gasteiger partial charge in [0.1, 0.15) is 46.7 Å². The molecular formula is C24H31ClN5O7P. The first-order chi connectivity index (χ1) is 17.9. The summed E-state index contributed by atoms with van der Waals surface area (Å²) in [5, 5.41) is 14.2. The van der Waals surface area contributed by atoms with Gasteiger partial charge in [-0.15, -0.1) is 11.6 Å². The van der Waals surface area contributed by atoms with E-state index in [9.17, 15) is 14.5 Å². The van der Waals surface area contributed by atoms with E-state index in [0.717, 1.165) is 0 Å². The van der Waals surface area contributed by atoms with Gasteiger partial charge in [0.2, 0.25) is 0 Å². The molecule has 1 fully saturated rings. The number of ether oxygens (including phenoxy) is 2. The van der Waals surface area contributed by atoms with Crippen LogP contribution in [0.5, 0.6) is 5.75 Å². The Hall–Kier alpha value is -2.73. The van der Waals surface area contributed by atoms with Gasteiger partial charge >= 0.3 is 13.7 Å². The van der Waals surface area contributed by atoms with Gasteiger partial charge in [0.05, 0.1) is 18.1 Å². The zero-order valence-corrected chi connectivity index (χ0v) is 23.0. The molecule has 0 bridgehead atoms.